The number of carboxylic acid groups (broad SMARTS) is 1. The summed E-state index contributed by atoms with van der Waals surface area (Å²) in [4.78, 5) is 23.4. The third kappa shape index (κ3) is 2.16. The third-order valence-electron chi connectivity index (χ3n) is 3.34. The molecule has 3 aromatic rings. The monoisotopic (exact) mass is 313 g/mol. The Morgan fingerprint density at radius 3 is 2.30 bits per heavy atom. The number of aliphatic imine (C=N–C) groups is 1. The molecular formula is C15H11N3O5. The first kappa shape index (κ1) is 14.5. The molecule has 116 valence electrons. The zero-order valence-corrected chi connectivity index (χ0v) is 11.8. The normalized spacial score (nSPS) is 11.5. The van der Waals surface area contributed by atoms with E-state index in [9.17, 15) is 25.2 Å². The highest BCUT2D eigenvalue weighted by atomic mass is 16.4. The molecule has 0 saturated heterocycles. The lowest BCUT2D eigenvalue weighted by atomic mass is 10.1. The maximum absolute atomic E-state index is 11.3. The number of carbonyl (C=O) groups is 1. The molecule has 3 rings (SSSR count). The van der Waals surface area contributed by atoms with E-state index in [-0.39, 0.29) is 50.4 Å². The minimum atomic E-state index is -1.24. The lowest BCUT2D eigenvalue weighted by molar-refractivity contribution is 0.0699. The van der Waals surface area contributed by atoms with Crippen molar-refractivity contribution in [3.05, 3.63) is 29.3 Å². The number of rotatable bonds is 2. The first-order valence-electron chi connectivity index (χ1n) is 6.48. The largest absolute Gasteiger partial charge is 0.507 e. The number of phenols is 3. The van der Waals surface area contributed by atoms with E-state index in [0.717, 1.165) is 6.07 Å². The summed E-state index contributed by atoms with van der Waals surface area (Å²) in [6.07, 6.45) is 1.33. The van der Waals surface area contributed by atoms with E-state index < -0.39 is 5.97 Å². The van der Waals surface area contributed by atoms with E-state index in [1.165, 1.54) is 25.4 Å². The van der Waals surface area contributed by atoms with Gasteiger partial charge in [-0.1, -0.05) is 0 Å². The second-order valence-electron chi connectivity index (χ2n) is 4.77. The maximum Gasteiger partial charge on any atom is 0.337 e. The van der Waals surface area contributed by atoms with Gasteiger partial charge in [-0.2, -0.15) is 0 Å². The second-order valence-corrected chi connectivity index (χ2v) is 4.77. The first-order valence-corrected chi connectivity index (χ1v) is 6.48. The van der Waals surface area contributed by atoms with E-state index in [2.05, 4.69) is 15.0 Å². The average Bonchev–Trinajstić information content (AvgIpc) is 2.50. The molecule has 8 nitrogen and oxygen atoms in total. The van der Waals surface area contributed by atoms with Crippen LogP contribution in [0.25, 0.3) is 22.1 Å². The van der Waals surface area contributed by atoms with Crippen LogP contribution in [0.5, 0.6) is 17.2 Å². The molecule has 8 heteroatoms. The van der Waals surface area contributed by atoms with Crippen molar-refractivity contribution in [2.45, 2.75) is 0 Å². The Morgan fingerprint density at radius 2 is 1.65 bits per heavy atom. The number of fused-ring (bicyclic) bond motifs is 2. The summed E-state index contributed by atoms with van der Waals surface area (Å²) in [6, 6.07) is 3.47. The molecule has 0 fully saturated rings. The van der Waals surface area contributed by atoms with Gasteiger partial charge in [-0.15, -0.1) is 0 Å². The van der Waals surface area contributed by atoms with E-state index in [0.29, 0.717) is 0 Å². The van der Waals surface area contributed by atoms with Gasteiger partial charge < -0.3 is 20.4 Å². The summed E-state index contributed by atoms with van der Waals surface area (Å²) in [7, 11) is 1.49. The highest BCUT2D eigenvalue weighted by Gasteiger charge is 2.19. The quantitative estimate of drug-likeness (QED) is 0.417. The molecule has 0 spiro atoms. The molecule has 1 aromatic heterocycles. The van der Waals surface area contributed by atoms with Crippen molar-refractivity contribution in [1.82, 2.24) is 9.97 Å². The van der Waals surface area contributed by atoms with Crippen molar-refractivity contribution >= 4 is 34.3 Å². The standard InChI is InChI=1S/C15H11N3O5/c1-16-5-7-9(20)4-10(21)14-12(7)18-13-8(19)3-2-6(15(22)23)11(13)17-14/h2-5,19-21H,1H3,(H,22,23). The molecule has 1 heterocycles. The number of hydrogen-bond donors (Lipinski definition) is 4. The molecule has 0 aliphatic rings. The van der Waals surface area contributed by atoms with Gasteiger partial charge >= 0.3 is 5.97 Å². The number of carboxylic acids is 1. The van der Waals surface area contributed by atoms with Gasteiger partial charge in [0.25, 0.3) is 0 Å². The molecule has 4 N–H and O–H groups in total. The van der Waals surface area contributed by atoms with Crippen LogP contribution in [0, 0.1) is 0 Å². The zero-order valence-electron chi connectivity index (χ0n) is 11.8. The van der Waals surface area contributed by atoms with Gasteiger partial charge in [-0.25, -0.2) is 14.8 Å². The highest BCUT2D eigenvalue weighted by molar-refractivity contribution is 6.08. The molecule has 0 radical (unpaired) electrons. The van der Waals surface area contributed by atoms with E-state index in [4.69, 9.17) is 0 Å². The summed E-state index contributed by atoms with van der Waals surface area (Å²) >= 11 is 0. The number of phenolic OH excluding ortho intramolecular Hbond substituents is 3. The van der Waals surface area contributed by atoms with Crippen LogP contribution in [0.2, 0.25) is 0 Å². The number of aromatic carboxylic acids is 1. The van der Waals surface area contributed by atoms with Gasteiger partial charge in [0.15, 0.2) is 0 Å². The van der Waals surface area contributed by atoms with Crippen molar-refractivity contribution in [2.24, 2.45) is 4.99 Å². The van der Waals surface area contributed by atoms with Crippen LogP contribution in [0.4, 0.5) is 0 Å². The molecule has 0 bridgehead atoms. The number of aromatic nitrogens is 2. The number of aromatic hydroxyl groups is 3. The smallest absolute Gasteiger partial charge is 0.337 e. The van der Waals surface area contributed by atoms with E-state index >= 15 is 0 Å². The fraction of sp³-hybridized carbons (Fsp3) is 0.0667. The molecule has 0 atom stereocenters. The summed E-state index contributed by atoms with van der Waals surface area (Å²) in [5.74, 6) is -2.12. The molecule has 0 aliphatic heterocycles. The predicted molar refractivity (Wildman–Crippen MR) is 82.5 cm³/mol. The minimum absolute atomic E-state index is 0.00157. The topological polar surface area (TPSA) is 136 Å². The van der Waals surface area contributed by atoms with Gasteiger partial charge in [-0.3, -0.25) is 4.99 Å². The molecule has 2 aromatic carbocycles. The molecule has 0 amide bonds. The summed E-state index contributed by atoms with van der Waals surface area (Å²) in [6.45, 7) is 0. The Kier molecular flexibility index (Phi) is 3.21. The Morgan fingerprint density at radius 1 is 1.00 bits per heavy atom. The fourth-order valence-corrected chi connectivity index (χ4v) is 2.31. The Hall–Kier alpha value is -3.42. The zero-order chi connectivity index (χ0) is 16.7. The van der Waals surface area contributed by atoms with Crippen molar-refractivity contribution in [3.8, 4) is 17.2 Å². The van der Waals surface area contributed by atoms with Crippen LogP contribution in [0.15, 0.2) is 23.2 Å². The van der Waals surface area contributed by atoms with Gasteiger partial charge in [-0.05, 0) is 12.1 Å². The highest BCUT2D eigenvalue weighted by Crippen LogP contribution is 2.35. The van der Waals surface area contributed by atoms with Crippen LogP contribution in [-0.2, 0) is 0 Å². The molecule has 0 saturated carbocycles. The first-order chi connectivity index (χ1) is 10.9. The number of hydrogen-bond acceptors (Lipinski definition) is 7. The van der Waals surface area contributed by atoms with Gasteiger partial charge in [0.2, 0.25) is 0 Å². The lowest BCUT2D eigenvalue weighted by Gasteiger charge is -2.09. The van der Waals surface area contributed by atoms with Gasteiger partial charge in [0, 0.05) is 19.3 Å². The molecular weight excluding hydrogens is 302 g/mol. The van der Waals surface area contributed by atoms with Crippen LogP contribution in [-0.4, -0.2) is 49.6 Å². The molecule has 23 heavy (non-hydrogen) atoms. The average molecular weight is 313 g/mol. The van der Waals surface area contributed by atoms with Crippen molar-refractivity contribution in [3.63, 3.8) is 0 Å². The predicted octanol–water partition coefficient (Wildman–Crippen LogP) is 1.65. The summed E-state index contributed by atoms with van der Waals surface area (Å²) in [5, 5.41) is 39.1. The fourth-order valence-electron chi connectivity index (χ4n) is 2.31. The van der Waals surface area contributed by atoms with Crippen LogP contribution in [0.1, 0.15) is 15.9 Å². The number of nitrogens with zero attached hydrogens (tertiary/aromatic N) is 3. The Balaban J connectivity index is 2.56. The third-order valence-corrected chi connectivity index (χ3v) is 3.34. The van der Waals surface area contributed by atoms with Crippen molar-refractivity contribution in [1.29, 1.82) is 0 Å². The van der Waals surface area contributed by atoms with E-state index in [1.54, 1.807) is 0 Å². The van der Waals surface area contributed by atoms with Crippen LogP contribution < -0.4 is 0 Å². The van der Waals surface area contributed by atoms with Crippen LogP contribution in [0.3, 0.4) is 0 Å². The maximum atomic E-state index is 11.3. The number of benzene rings is 2. The van der Waals surface area contributed by atoms with Crippen LogP contribution >= 0.6 is 0 Å². The SMILES string of the molecule is CN=Cc1c(O)cc(O)c2nc3c(C(=O)O)ccc(O)c3nc12. The summed E-state index contributed by atoms with van der Waals surface area (Å²) < 4.78 is 0. The summed E-state index contributed by atoms with van der Waals surface area (Å²) in [5.41, 5.74) is 0.0236. The Labute approximate surface area is 129 Å². The second kappa shape index (κ2) is 5.09. The van der Waals surface area contributed by atoms with Gasteiger partial charge in [0.1, 0.15) is 39.3 Å². The Bertz CT molecular complexity index is 998. The molecule has 0 aliphatic carbocycles. The van der Waals surface area contributed by atoms with Gasteiger partial charge in [0.05, 0.1) is 11.1 Å². The van der Waals surface area contributed by atoms with Crippen molar-refractivity contribution in [2.75, 3.05) is 7.05 Å². The van der Waals surface area contributed by atoms with Crippen molar-refractivity contribution < 1.29 is 25.2 Å². The minimum Gasteiger partial charge on any atom is -0.507 e. The molecule has 0 unspecified atom stereocenters. The van der Waals surface area contributed by atoms with E-state index in [1.807, 2.05) is 0 Å². The lowest BCUT2D eigenvalue weighted by Crippen LogP contribution is -2.01.